The molecule has 0 heterocycles. The van der Waals surface area contributed by atoms with Gasteiger partial charge < -0.3 is 10.4 Å². The lowest BCUT2D eigenvalue weighted by Crippen LogP contribution is -2.29. The van der Waals surface area contributed by atoms with Crippen molar-refractivity contribution < 1.29 is 9.90 Å². The van der Waals surface area contributed by atoms with Gasteiger partial charge in [-0.15, -0.1) is 0 Å². The van der Waals surface area contributed by atoms with Crippen LogP contribution in [0.25, 0.3) is 10.8 Å². The molecule has 0 aromatic heterocycles. The summed E-state index contributed by atoms with van der Waals surface area (Å²) in [5, 5.41) is 14.6. The van der Waals surface area contributed by atoms with Crippen LogP contribution in [-0.2, 0) is 4.79 Å². The van der Waals surface area contributed by atoms with Gasteiger partial charge in [0.2, 0.25) is 0 Å². The van der Waals surface area contributed by atoms with Crippen LogP contribution < -0.4 is 5.32 Å². The summed E-state index contributed by atoms with van der Waals surface area (Å²) < 4.78 is 1.01. The summed E-state index contributed by atoms with van der Waals surface area (Å²) in [6.45, 7) is 2.06. The zero-order valence-corrected chi connectivity index (χ0v) is 13.0. The van der Waals surface area contributed by atoms with Crippen LogP contribution in [0.3, 0.4) is 0 Å². The lowest BCUT2D eigenvalue weighted by atomic mass is 10.1. The molecular weight excluding hydrogens is 318 g/mol. The van der Waals surface area contributed by atoms with Gasteiger partial charge in [-0.3, -0.25) is 0 Å². The standard InChI is InChI=1S/C16H18BrNO2/c1-2-3-8-15(16(19)20)18-14-10-9-13(17)11-6-4-5-7-12(11)14/h4-7,9-10,15,18H,2-3,8H2,1H3,(H,19,20). The highest BCUT2D eigenvalue weighted by Gasteiger charge is 2.17. The molecule has 0 aliphatic heterocycles. The predicted molar refractivity (Wildman–Crippen MR) is 86.2 cm³/mol. The van der Waals surface area contributed by atoms with Crippen molar-refractivity contribution in [3.63, 3.8) is 0 Å². The van der Waals surface area contributed by atoms with Crippen molar-refractivity contribution in [1.29, 1.82) is 0 Å². The van der Waals surface area contributed by atoms with E-state index in [4.69, 9.17) is 0 Å². The van der Waals surface area contributed by atoms with Crippen LogP contribution in [0.2, 0.25) is 0 Å². The average Bonchev–Trinajstić information content (AvgIpc) is 2.45. The van der Waals surface area contributed by atoms with E-state index in [0.717, 1.165) is 33.8 Å². The number of fused-ring (bicyclic) bond motifs is 1. The summed E-state index contributed by atoms with van der Waals surface area (Å²) in [5.41, 5.74) is 0.868. The molecule has 0 fully saturated rings. The Hall–Kier alpha value is -1.55. The van der Waals surface area contributed by atoms with E-state index < -0.39 is 12.0 Å². The van der Waals surface area contributed by atoms with E-state index in [1.54, 1.807) is 0 Å². The third-order valence-electron chi connectivity index (χ3n) is 3.35. The summed E-state index contributed by atoms with van der Waals surface area (Å²) in [6.07, 6.45) is 2.53. The second-order valence-corrected chi connectivity index (χ2v) is 5.67. The van der Waals surface area contributed by atoms with Crippen molar-refractivity contribution in [2.75, 3.05) is 5.32 Å². The van der Waals surface area contributed by atoms with Gasteiger partial charge in [0.15, 0.2) is 0 Å². The first kappa shape index (κ1) is 14.9. The number of halogens is 1. The Kier molecular flexibility index (Phi) is 5.01. The quantitative estimate of drug-likeness (QED) is 0.807. The Balaban J connectivity index is 2.32. The molecule has 0 aliphatic carbocycles. The molecule has 3 nitrogen and oxygen atoms in total. The number of hydrogen-bond acceptors (Lipinski definition) is 2. The van der Waals surface area contributed by atoms with Gasteiger partial charge in [0, 0.05) is 15.5 Å². The van der Waals surface area contributed by atoms with E-state index in [-0.39, 0.29) is 0 Å². The minimum absolute atomic E-state index is 0.542. The number of unbranched alkanes of at least 4 members (excludes halogenated alkanes) is 1. The summed E-state index contributed by atoms with van der Waals surface area (Å²) in [6, 6.07) is 11.3. The van der Waals surface area contributed by atoms with E-state index in [9.17, 15) is 9.90 Å². The molecule has 106 valence electrons. The summed E-state index contributed by atoms with van der Waals surface area (Å²) >= 11 is 3.52. The van der Waals surface area contributed by atoms with Crippen molar-refractivity contribution in [2.45, 2.75) is 32.2 Å². The van der Waals surface area contributed by atoms with Crippen LogP contribution in [0.1, 0.15) is 26.2 Å². The molecule has 0 radical (unpaired) electrons. The zero-order chi connectivity index (χ0) is 14.5. The third-order valence-corrected chi connectivity index (χ3v) is 4.04. The maximum Gasteiger partial charge on any atom is 0.326 e. The number of carboxylic acids is 1. The zero-order valence-electron chi connectivity index (χ0n) is 11.4. The molecule has 0 spiro atoms. The number of benzene rings is 2. The fourth-order valence-corrected chi connectivity index (χ4v) is 2.72. The van der Waals surface area contributed by atoms with Crippen LogP contribution in [0.15, 0.2) is 40.9 Å². The molecule has 1 atom stereocenters. The van der Waals surface area contributed by atoms with Crippen molar-refractivity contribution >= 4 is 38.4 Å². The highest BCUT2D eigenvalue weighted by atomic mass is 79.9. The Morgan fingerprint density at radius 1 is 1.25 bits per heavy atom. The molecular formula is C16H18BrNO2. The van der Waals surface area contributed by atoms with Crippen molar-refractivity contribution in [2.24, 2.45) is 0 Å². The lowest BCUT2D eigenvalue weighted by molar-refractivity contribution is -0.138. The van der Waals surface area contributed by atoms with Gasteiger partial charge in [-0.1, -0.05) is 60.0 Å². The summed E-state index contributed by atoms with van der Waals surface area (Å²) in [5.74, 6) is -0.801. The molecule has 0 aliphatic rings. The Labute approximate surface area is 127 Å². The number of anilines is 1. The SMILES string of the molecule is CCCCC(Nc1ccc(Br)c2ccccc12)C(=O)O. The summed E-state index contributed by atoms with van der Waals surface area (Å²) in [4.78, 5) is 11.3. The Morgan fingerprint density at radius 2 is 1.95 bits per heavy atom. The minimum atomic E-state index is -0.801. The van der Waals surface area contributed by atoms with Crippen LogP contribution in [0.4, 0.5) is 5.69 Å². The molecule has 0 bridgehead atoms. The smallest absolute Gasteiger partial charge is 0.326 e. The molecule has 0 amide bonds. The van der Waals surface area contributed by atoms with Crippen LogP contribution in [-0.4, -0.2) is 17.1 Å². The summed E-state index contributed by atoms with van der Waals surface area (Å²) in [7, 11) is 0. The molecule has 20 heavy (non-hydrogen) atoms. The molecule has 4 heteroatoms. The van der Waals surface area contributed by atoms with Crippen LogP contribution in [0.5, 0.6) is 0 Å². The van der Waals surface area contributed by atoms with E-state index in [0.29, 0.717) is 6.42 Å². The second kappa shape index (κ2) is 6.75. The van der Waals surface area contributed by atoms with Crippen molar-refractivity contribution in [3.05, 3.63) is 40.9 Å². The van der Waals surface area contributed by atoms with E-state index in [1.807, 2.05) is 36.4 Å². The molecule has 0 saturated carbocycles. The maximum absolute atomic E-state index is 11.3. The van der Waals surface area contributed by atoms with Gasteiger partial charge in [-0.2, -0.15) is 0 Å². The monoisotopic (exact) mass is 335 g/mol. The van der Waals surface area contributed by atoms with Crippen LogP contribution >= 0.6 is 15.9 Å². The Morgan fingerprint density at radius 3 is 2.60 bits per heavy atom. The van der Waals surface area contributed by atoms with Crippen LogP contribution in [0, 0.1) is 0 Å². The van der Waals surface area contributed by atoms with E-state index in [2.05, 4.69) is 28.2 Å². The highest BCUT2D eigenvalue weighted by Crippen LogP contribution is 2.30. The molecule has 2 aromatic rings. The topological polar surface area (TPSA) is 49.3 Å². The molecule has 2 rings (SSSR count). The third kappa shape index (κ3) is 3.31. The molecule has 0 saturated heterocycles. The second-order valence-electron chi connectivity index (χ2n) is 4.82. The lowest BCUT2D eigenvalue weighted by Gasteiger charge is -2.17. The van der Waals surface area contributed by atoms with Gasteiger partial charge in [0.05, 0.1) is 0 Å². The average molecular weight is 336 g/mol. The normalized spacial score (nSPS) is 12.3. The first-order valence-electron chi connectivity index (χ1n) is 6.80. The first-order valence-corrected chi connectivity index (χ1v) is 7.59. The van der Waals surface area contributed by atoms with E-state index in [1.165, 1.54) is 0 Å². The van der Waals surface area contributed by atoms with Gasteiger partial charge in [-0.25, -0.2) is 4.79 Å². The molecule has 2 aromatic carbocycles. The number of nitrogens with one attached hydrogen (secondary N) is 1. The Bertz CT molecular complexity index is 612. The van der Waals surface area contributed by atoms with Gasteiger partial charge in [-0.05, 0) is 23.9 Å². The largest absolute Gasteiger partial charge is 0.480 e. The minimum Gasteiger partial charge on any atom is -0.480 e. The van der Waals surface area contributed by atoms with Crippen molar-refractivity contribution in [3.8, 4) is 0 Å². The molecule has 1 unspecified atom stereocenters. The number of carboxylic acid groups (broad SMARTS) is 1. The number of rotatable bonds is 6. The number of carbonyl (C=O) groups is 1. The molecule has 2 N–H and O–H groups in total. The fraction of sp³-hybridized carbons (Fsp3) is 0.312. The highest BCUT2D eigenvalue weighted by molar-refractivity contribution is 9.10. The van der Waals surface area contributed by atoms with Gasteiger partial charge >= 0.3 is 5.97 Å². The number of aliphatic carboxylic acids is 1. The predicted octanol–water partition coefficient (Wildman–Crippen LogP) is 4.66. The van der Waals surface area contributed by atoms with Crippen molar-refractivity contribution in [1.82, 2.24) is 0 Å². The van der Waals surface area contributed by atoms with E-state index >= 15 is 0 Å². The fourth-order valence-electron chi connectivity index (χ4n) is 2.24. The van der Waals surface area contributed by atoms with Gasteiger partial charge in [0.1, 0.15) is 6.04 Å². The first-order chi connectivity index (χ1) is 9.63. The van der Waals surface area contributed by atoms with Gasteiger partial charge in [0.25, 0.3) is 0 Å². The maximum atomic E-state index is 11.3. The number of hydrogen-bond donors (Lipinski definition) is 2.